The summed E-state index contributed by atoms with van der Waals surface area (Å²) >= 11 is 21.6. The summed E-state index contributed by atoms with van der Waals surface area (Å²) in [6.45, 7) is 3.49. The fourth-order valence-electron chi connectivity index (χ4n) is 0.319. The van der Waals surface area contributed by atoms with E-state index in [4.69, 9.17) is 49.5 Å². The minimum absolute atomic E-state index is 0.160. The van der Waals surface area contributed by atoms with Crippen LogP contribution >= 0.6 is 49.2 Å². The van der Waals surface area contributed by atoms with Gasteiger partial charge < -0.3 is 0 Å². The van der Waals surface area contributed by atoms with Crippen LogP contribution in [0, 0.1) is 0 Å². The number of halogens is 4. The fraction of sp³-hybridized carbons (Fsp3) is 1.00. The van der Waals surface area contributed by atoms with Crippen LogP contribution in [0.2, 0.25) is 0 Å². The molecule has 0 aromatic heterocycles. The first-order valence-electron chi connectivity index (χ1n) is 2.25. The van der Waals surface area contributed by atoms with E-state index in [1.807, 2.05) is 0 Å². The molecule has 0 spiro atoms. The van der Waals surface area contributed by atoms with Crippen LogP contribution in [0.4, 0.5) is 0 Å². The molecule has 0 rings (SSSR count). The second-order valence-corrected chi connectivity index (χ2v) is 14.2. The predicted molar refractivity (Wildman–Crippen MR) is 46.6 cm³/mol. The number of rotatable bonds is 2. The molecule has 58 valence electrons. The van der Waals surface area contributed by atoms with Crippen molar-refractivity contribution < 1.29 is 4.52 Å². The molecule has 0 fully saturated rings. The van der Waals surface area contributed by atoms with Gasteiger partial charge in [0, 0.05) is 0 Å². The average Bonchev–Trinajstić information content (AvgIpc) is 1.16. The molecule has 0 radical (unpaired) electrons. The molecule has 0 saturated carbocycles. The summed E-state index contributed by atoms with van der Waals surface area (Å²) in [6.07, 6.45) is -0.160. The molecule has 1 nitrogen and oxygen atoms in total. The molecule has 0 bridgehead atoms. The maximum absolute atomic E-state index is 5.39. The Kier molecular flexibility index (Phi) is 3.38. The van der Waals surface area contributed by atoms with Crippen molar-refractivity contribution in [2.75, 3.05) is 0 Å². The number of hydrogen-bond acceptors (Lipinski definition) is 1. The topological polar surface area (TPSA) is 9.23 Å². The summed E-state index contributed by atoms with van der Waals surface area (Å²) in [6, 6.07) is 0. The van der Waals surface area contributed by atoms with E-state index in [9.17, 15) is 0 Å². The Morgan fingerprint density at radius 1 is 1.11 bits per heavy atom. The van der Waals surface area contributed by atoms with Crippen molar-refractivity contribution in [3.05, 3.63) is 0 Å². The van der Waals surface area contributed by atoms with Crippen molar-refractivity contribution >= 4 is 49.2 Å². The quantitative estimate of drug-likeness (QED) is 0.637. The third-order valence-electron chi connectivity index (χ3n) is 0.370. The first-order chi connectivity index (χ1) is 3.67. The second-order valence-electron chi connectivity index (χ2n) is 1.81. The molecular weight excluding hydrogens is 225 g/mol. The molecule has 0 N–H and O–H groups in total. The fourth-order valence-corrected chi connectivity index (χ4v) is 2.87. The SMILES string of the molecule is CC(C)OP(Cl)(Cl)(Cl)Cl. The summed E-state index contributed by atoms with van der Waals surface area (Å²) in [5, 5.41) is 0. The van der Waals surface area contributed by atoms with E-state index in [0.29, 0.717) is 0 Å². The van der Waals surface area contributed by atoms with Gasteiger partial charge in [0.2, 0.25) is 0 Å². The maximum atomic E-state index is 5.39. The van der Waals surface area contributed by atoms with Crippen LogP contribution in [0.25, 0.3) is 0 Å². The van der Waals surface area contributed by atoms with Crippen molar-refractivity contribution in [3.8, 4) is 0 Å². The first kappa shape index (κ1) is 10.6. The Morgan fingerprint density at radius 3 is 1.44 bits per heavy atom. The zero-order valence-corrected chi connectivity index (χ0v) is 8.86. The Morgan fingerprint density at radius 2 is 1.44 bits per heavy atom. The van der Waals surface area contributed by atoms with Gasteiger partial charge in [0.05, 0.1) is 0 Å². The molecule has 0 aliphatic rings. The zero-order chi connectivity index (χ0) is 7.73. The van der Waals surface area contributed by atoms with Gasteiger partial charge in [0.1, 0.15) is 0 Å². The van der Waals surface area contributed by atoms with E-state index in [0.717, 1.165) is 0 Å². The van der Waals surface area contributed by atoms with E-state index in [2.05, 4.69) is 0 Å². The molecule has 0 unspecified atom stereocenters. The molecule has 9 heavy (non-hydrogen) atoms. The van der Waals surface area contributed by atoms with Crippen LogP contribution in [0.3, 0.4) is 0 Å². The Bertz CT molecular complexity index is 96.9. The van der Waals surface area contributed by atoms with Crippen LogP contribution in [0.15, 0.2) is 0 Å². The number of hydrogen-bond donors (Lipinski definition) is 0. The summed E-state index contributed by atoms with van der Waals surface area (Å²) < 4.78 is 1.04. The monoisotopic (exact) mass is 230 g/mol. The summed E-state index contributed by atoms with van der Waals surface area (Å²) in [5.74, 6) is 0. The molecule has 0 amide bonds. The molecule has 0 heterocycles. The van der Waals surface area contributed by atoms with Gasteiger partial charge in [-0.15, -0.1) is 0 Å². The van der Waals surface area contributed by atoms with E-state index in [1.54, 1.807) is 13.8 Å². The Labute approximate surface area is 73.7 Å². The van der Waals surface area contributed by atoms with Crippen molar-refractivity contribution in [2.45, 2.75) is 20.0 Å². The first-order valence-corrected chi connectivity index (χ1v) is 8.02. The van der Waals surface area contributed by atoms with Crippen molar-refractivity contribution in [3.63, 3.8) is 0 Å². The van der Waals surface area contributed by atoms with Gasteiger partial charge in [-0.2, -0.15) is 0 Å². The van der Waals surface area contributed by atoms with Crippen LogP contribution < -0.4 is 0 Å². The summed E-state index contributed by atoms with van der Waals surface area (Å²) in [4.78, 5) is 0. The van der Waals surface area contributed by atoms with Gasteiger partial charge in [0.25, 0.3) is 0 Å². The van der Waals surface area contributed by atoms with E-state index < -0.39 is 4.24 Å². The third kappa shape index (κ3) is 9.55. The molecule has 0 aliphatic heterocycles. The molecule has 0 atom stereocenters. The average molecular weight is 232 g/mol. The van der Waals surface area contributed by atoms with Crippen molar-refractivity contribution in [1.29, 1.82) is 0 Å². The van der Waals surface area contributed by atoms with Crippen LogP contribution in [0.5, 0.6) is 0 Å². The normalized spacial score (nSPS) is 17.4. The molecule has 0 saturated heterocycles. The Hall–Kier alpha value is 1.55. The van der Waals surface area contributed by atoms with Gasteiger partial charge >= 0.3 is 73.7 Å². The molecule has 0 aromatic rings. The van der Waals surface area contributed by atoms with Gasteiger partial charge in [-0.3, -0.25) is 0 Å². The van der Waals surface area contributed by atoms with Gasteiger partial charge in [-0.05, 0) is 0 Å². The van der Waals surface area contributed by atoms with Crippen LogP contribution in [-0.2, 0) is 4.52 Å². The van der Waals surface area contributed by atoms with E-state index >= 15 is 0 Å². The van der Waals surface area contributed by atoms with Crippen LogP contribution in [0.1, 0.15) is 13.8 Å². The molecule has 6 heteroatoms. The molecule has 0 aromatic carbocycles. The van der Waals surface area contributed by atoms with Crippen molar-refractivity contribution in [1.82, 2.24) is 0 Å². The predicted octanol–water partition coefficient (Wildman–Crippen LogP) is 4.49. The van der Waals surface area contributed by atoms with E-state index in [1.165, 1.54) is 0 Å². The van der Waals surface area contributed by atoms with E-state index in [-0.39, 0.29) is 6.10 Å². The molecular formula is C3H7Cl4OP. The van der Waals surface area contributed by atoms with Gasteiger partial charge in [-0.25, -0.2) is 0 Å². The van der Waals surface area contributed by atoms with Gasteiger partial charge in [-0.1, -0.05) is 0 Å². The summed E-state index contributed by atoms with van der Waals surface area (Å²) in [7, 11) is 0. The minimum atomic E-state index is -3.78. The third-order valence-corrected chi connectivity index (χ3v) is 2.07. The van der Waals surface area contributed by atoms with Gasteiger partial charge in [0.15, 0.2) is 0 Å². The zero-order valence-electron chi connectivity index (χ0n) is 4.94. The van der Waals surface area contributed by atoms with Crippen LogP contribution in [-0.4, -0.2) is 6.10 Å². The Balaban J connectivity index is 3.89. The summed E-state index contributed by atoms with van der Waals surface area (Å²) in [5.41, 5.74) is 0. The molecule has 0 aliphatic carbocycles. The van der Waals surface area contributed by atoms with Crippen molar-refractivity contribution in [2.24, 2.45) is 0 Å². The second kappa shape index (κ2) is 2.89. The standard InChI is InChI=1S/C3H7Cl4OP/c1-3(2)8-9(4,5,6)7/h3H,1-2H3.